The van der Waals surface area contributed by atoms with Crippen molar-refractivity contribution in [3.63, 3.8) is 0 Å². The molecule has 0 aromatic heterocycles. The van der Waals surface area contributed by atoms with E-state index in [1.54, 1.807) is 20.1 Å². The first-order valence-corrected chi connectivity index (χ1v) is 11.6. The van der Waals surface area contributed by atoms with Crippen molar-refractivity contribution in [2.24, 2.45) is 23.1 Å². The summed E-state index contributed by atoms with van der Waals surface area (Å²) in [6.07, 6.45) is 1.03. The molecule has 0 aromatic carbocycles. The molecule has 13 nitrogen and oxygen atoms in total. The van der Waals surface area contributed by atoms with Crippen LogP contribution in [0, 0.1) is 5.92 Å². The minimum absolute atomic E-state index is 0.0697. The zero-order valence-electron chi connectivity index (χ0n) is 19.0. The Balaban J connectivity index is 5.50. The van der Waals surface area contributed by atoms with Crippen LogP contribution in [-0.4, -0.2) is 76.8 Å². The van der Waals surface area contributed by atoms with Gasteiger partial charge in [0.25, 0.3) is 0 Å². The van der Waals surface area contributed by atoms with Gasteiger partial charge in [-0.15, -0.1) is 0 Å². The molecule has 10 N–H and O–H groups in total. The molecule has 0 aliphatic carbocycles. The van der Waals surface area contributed by atoms with Gasteiger partial charge in [-0.2, -0.15) is 11.8 Å². The molecule has 0 rings (SSSR count). The molecule has 4 unspecified atom stereocenters. The van der Waals surface area contributed by atoms with Gasteiger partial charge in [-0.3, -0.25) is 24.0 Å². The van der Waals surface area contributed by atoms with Crippen molar-refractivity contribution in [1.82, 2.24) is 16.0 Å². The van der Waals surface area contributed by atoms with E-state index >= 15 is 0 Å². The van der Waals surface area contributed by atoms with E-state index in [0.717, 1.165) is 0 Å². The lowest BCUT2D eigenvalue weighted by molar-refractivity contribution is -0.142. The van der Waals surface area contributed by atoms with Crippen LogP contribution < -0.4 is 33.2 Å². The molecule has 0 aromatic rings. The summed E-state index contributed by atoms with van der Waals surface area (Å²) in [7, 11) is 0. The van der Waals surface area contributed by atoms with Crippen molar-refractivity contribution in [2.45, 2.75) is 63.7 Å². The van der Waals surface area contributed by atoms with Crippen molar-refractivity contribution in [2.75, 3.05) is 12.0 Å². The Hall–Kier alpha value is -2.87. The molecule has 0 heterocycles. The minimum Gasteiger partial charge on any atom is -0.480 e. The molecule has 0 spiro atoms. The number of carbonyl (C=O) groups excluding carboxylic acids is 5. The molecule has 0 radical (unpaired) electrons. The van der Waals surface area contributed by atoms with E-state index < -0.39 is 72.5 Å². The maximum atomic E-state index is 12.8. The topological polar surface area (TPSA) is 237 Å². The second kappa shape index (κ2) is 15.1. The molecule has 14 heteroatoms. The maximum absolute atomic E-state index is 12.8. The average molecular weight is 491 g/mol. The lowest BCUT2D eigenvalue weighted by atomic mass is 10.0. The summed E-state index contributed by atoms with van der Waals surface area (Å²) in [5.41, 5.74) is 15.8. The Morgan fingerprint density at radius 1 is 0.818 bits per heavy atom. The molecule has 0 bridgehead atoms. The normalized spacial score (nSPS) is 14.5. The summed E-state index contributed by atoms with van der Waals surface area (Å²) in [5.74, 6) is -5.09. The van der Waals surface area contributed by atoms with E-state index in [2.05, 4.69) is 16.0 Å². The number of nitrogens with one attached hydrogen (secondary N) is 3. The smallest absolute Gasteiger partial charge is 0.326 e. The monoisotopic (exact) mass is 490 g/mol. The number of primary amides is 2. The number of amides is 5. The Bertz CT molecular complexity index is 733. The van der Waals surface area contributed by atoms with Crippen molar-refractivity contribution in [1.29, 1.82) is 0 Å². The van der Waals surface area contributed by atoms with Gasteiger partial charge >= 0.3 is 5.97 Å². The van der Waals surface area contributed by atoms with Crippen LogP contribution in [0.15, 0.2) is 0 Å². The van der Waals surface area contributed by atoms with E-state index in [4.69, 9.17) is 17.2 Å². The summed E-state index contributed by atoms with van der Waals surface area (Å²) >= 11 is 1.39. The zero-order chi connectivity index (χ0) is 25.7. The van der Waals surface area contributed by atoms with Gasteiger partial charge in [0.05, 0.1) is 18.9 Å². The first-order chi connectivity index (χ1) is 15.3. The standard InChI is InChI=1S/C19H34N6O7S/c1-9(2)6-12(24-16(28)10(20)7-14(21)26)17(29)25-13(8-15(22)27)18(30)23-11(19(31)32)4-5-33-3/h9-13H,4-8,20H2,1-3H3,(H2,21,26)(H2,22,27)(H,23,30)(H,24,28)(H,25,29)(H,31,32). The van der Waals surface area contributed by atoms with Crippen molar-refractivity contribution in [3.8, 4) is 0 Å². The first kappa shape index (κ1) is 30.1. The third kappa shape index (κ3) is 12.7. The Morgan fingerprint density at radius 2 is 1.30 bits per heavy atom. The van der Waals surface area contributed by atoms with Crippen LogP contribution in [0.5, 0.6) is 0 Å². The lowest BCUT2D eigenvalue weighted by Gasteiger charge is -2.25. The number of aliphatic carboxylic acids is 1. The van der Waals surface area contributed by atoms with E-state index in [1.165, 1.54) is 11.8 Å². The molecule has 4 atom stereocenters. The molecule has 5 amide bonds. The van der Waals surface area contributed by atoms with Crippen molar-refractivity contribution < 1.29 is 33.9 Å². The van der Waals surface area contributed by atoms with Gasteiger partial charge in [-0.1, -0.05) is 13.8 Å². The molecule has 0 saturated heterocycles. The van der Waals surface area contributed by atoms with E-state index in [9.17, 15) is 33.9 Å². The highest BCUT2D eigenvalue weighted by Crippen LogP contribution is 2.08. The summed E-state index contributed by atoms with van der Waals surface area (Å²) < 4.78 is 0. The number of carbonyl (C=O) groups is 6. The van der Waals surface area contributed by atoms with Gasteiger partial charge in [0, 0.05) is 0 Å². The lowest BCUT2D eigenvalue weighted by Crippen LogP contribution is -2.58. The van der Waals surface area contributed by atoms with Gasteiger partial charge in [-0.05, 0) is 30.8 Å². The highest BCUT2D eigenvalue weighted by molar-refractivity contribution is 7.98. The molecule has 0 aliphatic rings. The fraction of sp³-hybridized carbons (Fsp3) is 0.684. The van der Waals surface area contributed by atoms with Gasteiger partial charge in [0.2, 0.25) is 29.5 Å². The van der Waals surface area contributed by atoms with Crippen LogP contribution in [0.3, 0.4) is 0 Å². The SMILES string of the molecule is CSCCC(NC(=O)C(CC(N)=O)NC(=O)C(CC(C)C)NC(=O)C(N)CC(N)=O)C(=O)O. The number of nitrogens with two attached hydrogens (primary N) is 3. The highest BCUT2D eigenvalue weighted by Gasteiger charge is 2.31. The number of carboxylic acid groups (broad SMARTS) is 1. The summed E-state index contributed by atoms with van der Waals surface area (Å²) in [4.78, 5) is 71.5. The fourth-order valence-corrected chi connectivity index (χ4v) is 3.21. The first-order valence-electron chi connectivity index (χ1n) is 10.2. The molecule has 0 saturated carbocycles. The van der Waals surface area contributed by atoms with Gasteiger partial charge < -0.3 is 38.3 Å². The van der Waals surface area contributed by atoms with Crippen LogP contribution in [0.4, 0.5) is 0 Å². The van der Waals surface area contributed by atoms with E-state index in [1.807, 2.05) is 0 Å². The molecule has 0 aliphatic heterocycles. The Morgan fingerprint density at radius 3 is 1.76 bits per heavy atom. The highest BCUT2D eigenvalue weighted by atomic mass is 32.2. The summed E-state index contributed by atoms with van der Waals surface area (Å²) in [6, 6.07) is -5.11. The number of carboxylic acids is 1. The minimum atomic E-state index is -1.46. The van der Waals surface area contributed by atoms with Crippen LogP contribution in [0.25, 0.3) is 0 Å². The fourth-order valence-electron chi connectivity index (χ4n) is 2.74. The van der Waals surface area contributed by atoms with Crippen molar-refractivity contribution in [3.05, 3.63) is 0 Å². The van der Waals surface area contributed by atoms with Crippen LogP contribution >= 0.6 is 11.8 Å². The average Bonchev–Trinajstić information content (AvgIpc) is 2.68. The predicted molar refractivity (Wildman–Crippen MR) is 121 cm³/mol. The third-order valence-corrected chi connectivity index (χ3v) is 5.01. The van der Waals surface area contributed by atoms with Crippen LogP contribution in [-0.2, 0) is 28.8 Å². The molecular weight excluding hydrogens is 456 g/mol. The molecule has 0 fully saturated rings. The number of thioether (sulfide) groups is 1. The molecule has 33 heavy (non-hydrogen) atoms. The van der Waals surface area contributed by atoms with Crippen LogP contribution in [0.1, 0.15) is 39.5 Å². The molecular formula is C19H34N6O7S. The second-order valence-electron chi connectivity index (χ2n) is 7.88. The summed E-state index contributed by atoms with van der Waals surface area (Å²) in [5, 5.41) is 16.3. The van der Waals surface area contributed by atoms with Gasteiger partial charge in [0.1, 0.15) is 18.1 Å². The Labute approximate surface area is 196 Å². The van der Waals surface area contributed by atoms with E-state index in [0.29, 0.717) is 5.75 Å². The summed E-state index contributed by atoms with van der Waals surface area (Å²) in [6.45, 7) is 3.57. The maximum Gasteiger partial charge on any atom is 0.326 e. The second-order valence-corrected chi connectivity index (χ2v) is 8.87. The molecule has 188 valence electrons. The largest absolute Gasteiger partial charge is 0.480 e. The van der Waals surface area contributed by atoms with Crippen LogP contribution in [0.2, 0.25) is 0 Å². The number of hydrogen-bond acceptors (Lipinski definition) is 8. The number of hydrogen-bond donors (Lipinski definition) is 7. The predicted octanol–water partition coefficient (Wildman–Crippen LogP) is -2.60. The zero-order valence-corrected chi connectivity index (χ0v) is 19.8. The van der Waals surface area contributed by atoms with Gasteiger partial charge in [-0.25, -0.2) is 4.79 Å². The number of rotatable bonds is 16. The quantitative estimate of drug-likeness (QED) is 0.120. The van der Waals surface area contributed by atoms with E-state index in [-0.39, 0.29) is 18.8 Å². The Kier molecular flexibility index (Phi) is 13.7. The van der Waals surface area contributed by atoms with Crippen molar-refractivity contribution >= 4 is 47.3 Å². The third-order valence-electron chi connectivity index (χ3n) is 4.36. The van der Waals surface area contributed by atoms with Gasteiger partial charge in [0.15, 0.2) is 0 Å².